The Hall–Kier alpha value is -1.62. The van der Waals surface area contributed by atoms with Gasteiger partial charge in [0.2, 0.25) is 5.91 Å². The molecule has 0 bridgehead atoms. The number of carbonyl (C=O) groups is 1. The molecule has 1 atom stereocenters. The highest BCUT2D eigenvalue weighted by Gasteiger charge is 2.15. The molecule has 4 nitrogen and oxygen atoms in total. The molecule has 118 valence electrons. The van der Waals surface area contributed by atoms with E-state index in [1.54, 1.807) is 23.1 Å². The SMILES string of the molecule is CCCC(C)NC(=O)CN(CCCN)c1ccccc1F. The molecule has 1 amide bonds. The lowest BCUT2D eigenvalue weighted by molar-refractivity contribution is -0.120. The summed E-state index contributed by atoms with van der Waals surface area (Å²) in [4.78, 5) is 13.8. The molecule has 1 aromatic carbocycles. The number of rotatable bonds is 9. The van der Waals surface area contributed by atoms with Crippen LogP contribution >= 0.6 is 0 Å². The Balaban J connectivity index is 2.70. The van der Waals surface area contributed by atoms with Gasteiger partial charge in [-0.15, -0.1) is 0 Å². The van der Waals surface area contributed by atoms with Gasteiger partial charge in [0.1, 0.15) is 5.82 Å². The van der Waals surface area contributed by atoms with Gasteiger partial charge in [-0.05, 0) is 38.4 Å². The molecular weight excluding hydrogens is 269 g/mol. The smallest absolute Gasteiger partial charge is 0.239 e. The number of nitrogens with zero attached hydrogens (tertiary/aromatic N) is 1. The second-order valence-electron chi connectivity index (χ2n) is 5.27. The van der Waals surface area contributed by atoms with Crippen molar-refractivity contribution < 1.29 is 9.18 Å². The maximum Gasteiger partial charge on any atom is 0.239 e. The number of amides is 1. The third kappa shape index (κ3) is 6.12. The fourth-order valence-corrected chi connectivity index (χ4v) is 2.27. The molecule has 21 heavy (non-hydrogen) atoms. The summed E-state index contributed by atoms with van der Waals surface area (Å²) in [5.74, 6) is -0.403. The summed E-state index contributed by atoms with van der Waals surface area (Å²) in [5, 5.41) is 2.94. The molecule has 0 heterocycles. The molecule has 1 rings (SSSR count). The van der Waals surface area contributed by atoms with Crippen LogP contribution in [0.3, 0.4) is 0 Å². The highest BCUT2D eigenvalue weighted by Crippen LogP contribution is 2.18. The van der Waals surface area contributed by atoms with Crippen LogP contribution in [0.2, 0.25) is 0 Å². The lowest BCUT2D eigenvalue weighted by Crippen LogP contribution is -2.42. The quantitative estimate of drug-likeness (QED) is 0.735. The summed E-state index contributed by atoms with van der Waals surface area (Å²) in [6.45, 7) is 5.28. The average molecular weight is 295 g/mol. The molecule has 0 fully saturated rings. The maximum atomic E-state index is 13.9. The van der Waals surface area contributed by atoms with Gasteiger partial charge < -0.3 is 16.0 Å². The molecule has 1 unspecified atom stereocenters. The van der Waals surface area contributed by atoms with Crippen molar-refractivity contribution in [2.75, 3.05) is 24.5 Å². The third-order valence-corrected chi connectivity index (χ3v) is 3.29. The van der Waals surface area contributed by atoms with E-state index in [0.717, 1.165) is 12.8 Å². The minimum Gasteiger partial charge on any atom is -0.360 e. The Morgan fingerprint density at radius 2 is 2.14 bits per heavy atom. The first-order valence-electron chi connectivity index (χ1n) is 7.57. The minimum atomic E-state index is -0.316. The van der Waals surface area contributed by atoms with Crippen molar-refractivity contribution in [3.05, 3.63) is 30.1 Å². The van der Waals surface area contributed by atoms with Crippen LogP contribution in [-0.2, 0) is 4.79 Å². The number of halogens is 1. The van der Waals surface area contributed by atoms with E-state index in [1.165, 1.54) is 6.07 Å². The molecule has 1 aromatic rings. The van der Waals surface area contributed by atoms with Crippen LogP contribution in [0.25, 0.3) is 0 Å². The van der Waals surface area contributed by atoms with Crippen molar-refractivity contribution in [1.29, 1.82) is 0 Å². The first-order valence-corrected chi connectivity index (χ1v) is 7.57. The second-order valence-corrected chi connectivity index (χ2v) is 5.27. The Morgan fingerprint density at radius 3 is 2.76 bits per heavy atom. The number of anilines is 1. The largest absolute Gasteiger partial charge is 0.360 e. The zero-order valence-electron chi connectivity index (χ0n) is 12.9. The molecule has 3 N–H and O–H groups in total. The molecule has 0 spiro atoms. The molecular formula is C16H26FN3O. The Bertz CT molecular complexity index is 439. The Kier molecular flexibility index (Phi) is 7.75. The molecule has 0 aliphatic rings. The summed E-state index contributed by atoms with van der Waals surface area (Å²) in [5.41, 5.74) is 5.97. The van der Waals surface area contributed by atoms with Crippen LogP contribution in [0.5, 0.6) is 0 Å². The average Bonchev–Trinajstić information content (AvgIpc) is 2.44. The fourth-order valence-electron chi connectivity index (χ4n) is 2.27. The Labute approximate surface area is 126 Å². The van der Waals surface area contributed by atoms with Crippen LogP contribution in [-0.4, -0.2) is 31.6 Å². The van der Waals surface area contributed by atoms with Gasteiger partial charge >= 0.3 is 0 Å². The highest BCUT2D eigenvalue weighted by molar-refractivity contribution is 5.81. The molecule has 5 heteroatoms. The van der Waals surface area contributed by atoms with Crippen molar-refractivity contribution >= 4 is 11.6 Å². The fraction of sp³-hybridized carbons (Fsp3) is 0.562. The first-order chi connectivity index (χ1) is 10.1. The van der Waals surface area contributed by atoms with Crippen molar-refractivity contribution in [1.82, 2.24) is 5.32 Å². The number of carbonyl (C=O) groups excluding carboxylic acids is 1. The number of nitrogens with one attached hydrogen (secondary N) is 1. The number of hydrogen-bond acceptors (Lipinski definition) is 3. The van der Waals surface area contributed by atoms with E-state index in [4.69, 9.17) is 5.73 Å². The van der Waals surface area contributed by atoms with Crippen LogP contribution < -0.4 is 16.0 Å². The van der Waals surface area contributed by atoms with Gasteiger partial charge in [0.25, 0.3) is 0 Å². The number of nitrogens with two attached hydrogens (primary N) is 1. The van der Waals surface area contributed by atoms with E-state index in [-0.39, 0.29) is 24.3 Å². The van der Waals surface area contributed by atoms with Crippen LogP contribution in [0.1, 0.15) is 33.1 Å². The van der Waals surface area contributed by atoms with Gasteiger partial charge in [-0.2, -0.15) is 0 Å². The first kappa shape index (κ1) is 17.4. The summed E-state index contributed by atoms with van der Waals surface area (Å²) in [6, 6.07) is 6.64. The molecule has 0 saturated heterocycles. The molecule has 0 aliphatic carbocycles. The summed E-state index contributed by atoms with van der Waals surface area (Å²) >= 11 is 0. The van der Waals surface area contributed by atoms with Gasteiger partial charge in [0.05, 0.1) is 12.2 Å². The number of hydrogen-bond donors (Lipinski definition) is 2. The van der Waals surface area contributed by atoms with Gasteiger partial charge in [-0.25, -0.2) is 4.39 Å². The lowest BCUT2D eigenvalue weighted by atomic mass is 10.2. The molecule has 0 aromatic heterocycles. The van der Waals surface area contributed by atoms with Crippen molar-refractivity contribution in [2.24, 2.45) is 5.73 Å². The third-order valence-electron chi connectivity index (χ3n) is 3.29. The van der Waals surface area contributed by atoms with Crippen molar-refractivity contribution in [2.45, 2.75) is 39.2 Å². The number of benzene rings is 1. The highest BCUT2D eigenvalue weighted by atomic mass is 19.1. The predicted octanol–water partition coefficient (Wildman–Crippen LogP) is 2.29. The zero-order valence-corrected chi connectivity index (χ0v) is 12.9. The zero-order chi connectivity index (χ0) is 15.7. The van der Waals surface area contributed by atoms with E-state index in [2.05, 4.69) is 12.2 Å². The lowest BCUT2D eigenvalue weighted by Gasteiger charge is -2.25. The van der Waals surface area contributed by atoms with Gasteiger partial charge in [-0.3, -0.25) is 4.79 Å². The Morgan fingerprint density at radius 1 is 1.43 bits per heavy atom. The monoisotopic (exact) mass is 295 g/mol. The van der Waals surface area contributed by atoms with Gasteiger partial charge in [-0.1, -0.05) is 25.5 Å². The van der Waals surface area contributed by atoms with Gasteiger partial charge in [0, 0.05) is 12.6 Å². The van der Waals surface area contributed by atoms with Crippen molar-refractivity contribution in [3.8, 4) is 0 Å². The van der Waals surface area contributed by atoms with E-state index < -0.39 is 0 Å². The summed E-state index contributed by atoms with van der Waals surface area (Å²) < 4.78 is 13.9. The normalized spacial score (nSPS) is 12.0. The minimum absolute atomic E-state index is 0.0868. The molecule has 0 saturated carbocycles. The number of para-hydroxylation sites is 1. The van der Waals surface area contributed by atoms with Crippen molar-refractivity contribution in [3.63, 3.8) is 0 Å². The second kappa shape index (κ2) is 9.34. The molecule has 0 radical (unpaired) electrons. The van der Waals surface area contributed by atoms with Crippen LogP contribution in [0.4, 0.5) is 10.1 Å². The standard InChI is InChI=1S/C16H26FN3O/c1-3-7-13(2)19-16(21)12-20(11-6-10-18)15-9-5-4-8-14(15)17/h4-5,8-9,13H,3,6-7,10-12,18H2,1-2H3,(H,19,21). The van der Waals surface area contributed by atoms with E-state index in [9.17, 15) is 9.18 Å². The maximum absolute atomic E-state index is 13.9. The van der Waals surface area contributed by atoms with Crippen LogP contribution in [0.15, 0.2) is 24.3 Å². The summed E-state index contributed by atoms with van der Waals surface area (Å²) in [6.07, 6.45) is 2.67. The van der Waals surface area contributed by atoms with E-state index in [1.807, 2.05) is 6.92 Å². The topological polar surface area (TPSA) is 58.4 Å². The van der Waals surface area contributed by atoms with Gasteiger partial charge in [0.15, 0.2) is 0 Å². The van der Waals surface area contributed by atoms with E-state index >= 15 is 0 Å². The van der Waals surface area contributed by atoms with E-state index in [0.29, 0.717) is 25.2 Å². The summed E-state index contributed by atoms with van der Waals surface area (Å²) in [7, 11) is 0. The molecule has 0 aliphatic heterocycles. The van der Waals surface area contributed by atoms with Crippen LogP contribution in [0, 0.1) is 5.82 Å². The predicted molar refractivity (Wildman–Crippen MR) is 84.8 cm³/mol.